The van der Waals surface area contributed by atoms with E-state index in [1.165, 1.54) is 18.3 Å². The summed E-state index contributed by atoms with van der Waals surface area (Å²) in [5.74, 6) is -3.35. The van der Waals surface area contributed by atoms with Gasteiger partial charge in [-0.3, -0.25) is 19.9 Å². The van der Waals surface area contributed by atoms with E-state index in [0.717, 1.165) is 10.8 Å². The number of carboxylic acids is 1. The minimum Gasteiger partial charge on any atom is -0.478 e. The van der Waals surface area contributed by atoms with E-state index in [0.29, 0.717) is 17.1 Å². The number of aromatic nitrogens is 3. The van der Waals surface area contributed by atoms with Crippen molar-refractivity contribution in [2.75, 3.05) is 16.0 Å². The molecule has 0 saturated carbocycles. The van der Waals surface area contributed by atoms with Gasteiger partial charge in [-0.1, -0.05) is 31.2 Å². The number of nitrogens with one attached hydrogen (secondary N) is 4. The van der Waals surface area contributed by atoms with Crippen LogP contribution in [0.5, 0.6) is 0 Å². The van der Waals surface area contributed by atoms with E-state index in [1.54, 1.807) is 25.4 Å². The van der Waals surface area contributed by atoms with E-state index in [4.69, 9.17) is 10.7 Å². The number of aromatic amines is 1. The maximum Gasteiger partial charge on any atom is 0.335 e. The summed E-state index contributed by atoms with van der Waals surface area (Å²) in [5, 5.41) is 20.9. The summed E-state index contributed by atoms with van der Waals surface area (Å²) in [5.41, 5.74) is 5.83. The largest absolute Gasteiger partial charge is 0.478 e. The van der Waals surface area contributed by atoms with E-state index in [9.17, 15) is 19.5 Å². The maximum absolute atomic E-state index is 13.9. The van der Waals surface area contributed by atoms with Crippen molar-refractivity contribution in [2.24, 2.45) is 17.6 Å². The Labute approximate surface area is 211 Å². The Morgan fingerprint density at radius 3 is 2.51 bits per heavy atom. The number of benzene rings is 2. The zero-order valence-electron chi connectivity index (χ0n) is 19.9. The van der Waals surface area contributed by atoms with Crippen LogP contribution in [0.3, 0.4) is 0 Å². The quantitative estimate of drug-likeness (QED) is 0.214. The minimum atomic E-state index is -1.35. The topological polar surface area (TPSA) is 175 Å². The first-order valence-electron chi connectivity index (χ1n) is 11.6. The molecular formula is C26H25N7O4. The van der Waals surface area contributed by atoms with Crippen molar-refractivity contribution in [3.8, 4) is 0 Å². The Morgan fingerprint density at radius 1 is 1.05 bits per heavy atom. The van der Waals surface area contributed by atoms with Crippen LogP contribution in [-0.4, -0.2) is 37.8 Å². The van der Waals surface area contributed by atoms with Crippen LogP contribution in [0.2, 0.25) is 0 Å². The molecular weight excluding hydrogens is 474 g/mol. The first-order valence-corrected chi connectivity index (χ1v) is 11.6. The van der Waals surface area contributed by atoms with E-state index in [1.807, 2.05) is 30.3 Å². The van der Waals surface area contributed by atoms with Crippen LogP contribution in [0.15, 0.2) is 67.1 Å². The number of nitrogens with two attached hydrogens (primary N) is 1. The highest BCUT2D eigenvalue weighted by Gasteiger charge is 2.52. The van der Waals surface area contributed by atoms with Gasteiger partial charge in [0, 0.05) is 30.4 Å². The summed E-state index contributed by atoms with van der Waals surface area (Å²) in [6.07, 6.45) is 4.72. The van der Waals surface area contributed by atoms with Crippen LogP contribution in [-0.2, 0) is 15.3 Å². The molecule has 2 aromatic heterocycles. The van der Waals surface area contributed by atoms with E-state index >= 15 is 0 Å². The number of carbonyl (C=O) groups is 3. The summed E-state index contributed by atoms with van der Waals surface area (Å²) in [7, 11) is 0. The molecule has 0 fully saturated rings. The number of amides is 2. The lowest BCUT2D eigenvalue weighted by Crippen LogP contribution is -2.54. The third kappa shape index (κ3) is 4.42. The molecule has 4 aromatic rings. The third-order valence-corrected chi connectivity index (χ3v) is 6.55. The number of pyridine rings is 1. The number of fused-ring (bicyclic) bond motifs is 2. The van der Waals surface area contributed by atoms with Crippen molar-refractivity contribution in [2.45, 2.75) is 19.0 Å². The van der Waals surface area contributed by atoms with Crippen molar-refractivity contribution >= 4 is 45.9 Å². The summed E-state index contributed by atoms with van der Waals surface area (Å²) >= 11 is 0. The van der Waals surface area contributed by atoms with Gasteiger partial charge in [-0.05, 0) is 35.6 Å². The van der Waals surface area contributed by atoms with Crippen molar-refractivity contribution in [1.82, 2.24) is 15.0 Å². The first-order chi connectivity index (χ1) is 17.8. The number of imidazole rings is 1. The second-order valence-electron chi connectivity index (χ2n) is 9.09. The Balaban J connectivity index is 1.68. The van der Waals surface area contributed by atoms with Gasteiger partial charge in [0.2, 0.25) is 17.8 Å². The van der Waals surface area contributed by atoms with Crippen molar-refractivity contribution < 1.29 is 19.5 Å². The number of carboxylic acid groups (broad SMARTS) is 1. The van der Waals surface area contributed by atoms with Crippen LogP contribution in [0.25, 0.3) is 10.8 Å². The van der Waals surface area contributed by atoms with Crippen LogP contribution < -0.4 is 21.7 Å². The van der Waals surface area contributed by atoms with Gasteiger partial charge < -0.3 is 26.5 Å². The molecule has 3 heterocycles. The Bertz CT molecular complexity index is 1500. The van der Waals surface area contributed by atoms with Crippen molar-refractivity contribution in [3.63, 3.8) is 0 Å². The van der Waals surface area contributed by atoms with E-state index < -0.39 is 35.3 Å². The lowest BCUT2D eigenvalue weighted by molar-refractivity contribution is -0.125. The predicted molar refractivity (Wildman–Crippen MR) is 138 cm³/mol. The van der Waals surface area contributed by atoms with Gasteiger partial charge in [0.05, 0.1) is 28.6 Å². The summed E-state index contributed by atoms with van der Waals surface area (Å²) in [6.45, 7) is 1.76. The zero-order chi connectivity index (χ0) is 26.2. The minimum absolute atomic E-state index is 0.0777. The molecule has 0 bridgehead atoms. The number of H-pyrrole nitrogens is 1. The number of primary amides is 1. The van der Waals surface area contributed by atoms with E-state index in [2.05, 4.69) is 25.9 Å². The highest BCUT2D eigenvalue weighted by Crippen LogP contribution is 2.47. The molecule has 0 radical (unpaired) electrons. The summed E-state index contributed by atoms with van der Waals surface area (Å²) in [4.78, 5) is 49.1. The van der Waals surface area contributed by atoms with Gasteiger partial charge in [0.15, 0.2) is 5.66 Å². The molecule has 7 N–H and O–H groups in total. The lowest BCUT2D eigenvalue weighted by Gasteiger charge is -2.40. The summed E-state index contributed by atoms with van der Waals surface area (Å²) in [6, 6.07) is 14.1. The van der Waals surface area contributed by atoms with Crippen LogP contribution in [0.4, 0.5) is 17.3 Å². The molecule has 1 aliphatic rings. The van der Waals surface area contributed by atoms with Crippen LogP contribution >= 0.6 is 0 Å². The average molecular weight is 500 g/mol. The molecule has 0 aliphatic carbocycles. The lowest BCUT2D eigenvalue weighted by atomic mass is 9.77. The maximum atomic E-state index is 13.9. The van der Waals surface area contributed by atoms with Gasteiger partial charge >= 0.3 is 5.97 Å². The second-order valence-corrected chi connectivity index (χ2v) is 9.09. The van der Waals surface area contributed by atoms with Crippen LogP contribution in [0, 0.1) is 11.8 Å². The molecule has 11 nitrogen and oxygen atoms in total. The fraction of sp³-hybridized carbons (Fsp3) is 0.192. The van der Waals surface area contributed by atoms with Crippen molar-refractivity contribution in [3.05, 3.63) is 78.4 Å². The smallest absolute Gasteiger partial charge is 0.335 e. The van der Waals surface area contributed by atoms with Gasteiger partial charge in [-0.2, -0.15) is 0 Å². The fourth-order valence-corrected chi connectivity index (χ4v) is 4.93. The highest BCUT2D eigenvalue weighted by molar-refractivity contribution is 5.96. The average Bonchev–Trinajstić information content (AvgIpc) is 3.51. The van der Waals surface area contributed by atoms with Gasteiger partial charge in [-0.15, -0.1) is 0 Å². The van der Waals surface area contributed by atoms with Crippen LogP contribution in [0.1, 0.15) is 29.4 Å². The van der Waals surface area contributed by atoms with Gasteiger partial charge in [0.1, 0.15) is 0 Å². The molecule has 37 heavy (non-hydrogen) atoms. The molecule has 2 aromatic carbocycles. The predicted octanol–water partition coefficient (Wildman–Crippen LogP) is 3.11. The number of nitrogens with zero attached hydrogens (tertiary/aromatic N) is 2. The first kappa shape index (κ1) is 23.8. The summed E-state index contributed by atoms with van der Waals surface area (Å²) < 4.78 is 0. The number of hydrogen-bond donors (Lipinski definition) is 6. The second kappa shape index (κ2) is 9.26. The molecule has 5 rings (SSSR count). The fourth-order valence-electron chi connectivity index (χ4n) is 4.93. The number of aromatic carboxylic acids is 1. The molecule has 1 aliphatic heterocycles. The standard InChI is InChI=1S/C26H25N7O4/c1-14(10-21(27)34)22(23(35)31-25-28-8-9-29-25)26(20-12-15-4-2-3-5-17(15)13-30-20)32-18-7-6-16(24(36)37)11-19(18)33-26/h2-9,11-14,22,32-33H,10H2,1H3,(H2,27,34)(H,36,37)(H2,28,29,31,35). The molecule has 3 atom stereocenters. The Hall–Kier alpha value is -4.93. The molecule has 0 saturated heterocycles. The number of hydrogen-bond acceptors (Lipinski definition) is 7. The monoisotopic (exact) mass is 499 g/mol. The highest BCUT2D eigenvalue weighted by atomic mass is 16.4. The zero-order valence-corrected chi connectivity index (χ0v) is 19.9. The molecule has 3 unspecified atom stereocenters. The molecule has 11 heteroatoms. The number of carbonyl (C=O) groups excluding carboxylic acids is 2. The Kier molecular flexibility index (Phi) is 5.96. The number of rotatable bonds is 8. The normalized spacial score (nSPS) is 17.8. The van der Waals surface area contributed by atoms with E-state index in [-0.39, 0.29) is 17.9 Å². The number of anilines is 3. The third-order valence-electron chi connectivity index (χ3n) is 6.55. The van der Waals surface area contributed by atoms with Crippen molar-refractivity contribution in [1.29, 1.82) is 0 Å². The SMILES string of the molecule is CC(CC(N)=O)C(C(=O)Nc1ncc[nH]1)C1(c2cc3ccccc3cn2)Nc2ccc(C(=O)O)cc2N1. The Morgan fingerprint density at radius 2 is 1.81 bits per heavy atom. The van der Waals surface area contributed by atoms with Gasteiger partial charge in [-0.25, -0.2) is 9.78 Å². The van der Waals surface area contributed by atoms with Gasteiger partial charge in [0.25, 0.3) is 0 Å². The molecule has 2 amide bonds. The molecule has 188 valence electrons. The molecule has 0 spiro atoms.